The van der Waals surface area contributed by atoms with E-state index in [1.54, 1.807) is 20.8 Å². The molecule has 0 radical (unpaired) electrons. The van der Waals surface area contributed by atoms with Crippen molar-refractivity contribution in [3.8, 4) is 11.5 Å². The first-order valence-corrected chi connectivity index (χ1v) is 14.0. The number of ether oxygens (including phenoxy) is 2. The number of carbonyl (C=O) groups is 1. The zero-order chi connectivity index (χ0) is 24.2. The van der Waals surface area contributed by atoms with Gasteiger partial charge in [0.25, 0.3) is 0 Å². The number of hydrogen-bond acceptors (Lipinski definition) is 5. The van der Waals surface area contributed by atoms with Gasteiger partial charge in [0.15, 0.2) is 6.10 Å². The average Bonchev–Trinajstić information content (AvgIpc) is 2.65. The van der Waals surface area contributed by atoms with Crippen LogP contribution in [0.3, 0.4) is 0 Å². The summed E-state index contributed by atoms with van der Waals surface area (Å²) in [6.07, 6.45) is -1.22. The number of aliphatic hydroxyl groups is 1. The van der Waals surface area contributed by atoms with Crippen LogP contribution in [0.25, 0.3) is 0 Å². The molecule has 0 aliphatic heterocycles. The van der Waals surface area contributed by atoms with Gasteiger partial charge in [-0.2, -0.15) is 0 Å². The maximum atomic E-state index is 12.4. The van der Waals surface area contributed by atoms with Gasteiger partial charge in [-0.05, 0) is 62.7 Å². The second-order valence-corrected chi connectivity index (χ2v) is 15.4. The van der Waals surface area contributed by atoms with E-state index in [-0.39, 0.29) is 11.5 Å². The fourth-order valence-corrected chi connectivity index (χ4v) is 3.79. The van der Waals surface area contributed by atoms with Crippen molar-refractivity contribution in [2.75, 3.05) is 0 Å². The van der Waals surface area contributed by atoms with Crippen molar-refractivity contribution in [2.45, 2.75) is 84.4 Å². The number of hydrogen-bond donors (Lipinski definition) is 1. The molecule has 2 rings (SSSR count). The minimum atomic E-state index is -2.05. The Hall–Kier alpha value is -2.31. The summed E-state index contributed by atoms with van der Waals surface area (Å²) in [4.78, 5) is 12.4. The lowest BCUT2D eigenvalue weighted by Gasteiger charge is -2.36. The highest BCUT2D eigenvalue weighted by atomic mass is 28.4. The van der Waals surface area contributed by atoms with Gasteiger partial charge in [-0.3, -0.25) is 0 Å². The van der Waals surface area contributed by atoms with Gasteiger partial charge in [-0.25, -0.2) is 4.79 Å². The van der Waals surface area contributed by atoms with Crippen LogP contribution in [-0.4, -0.2) is 31.1 Å². The highest BCUT2D eigenvalue weighted by Gasteiger charge is 2.39. The first-order valence-electron chi connectivity index (χ1n) is 11.1. The van der Waals surface area contributed by atoms with Gasteiger partial charge >= 0.3 is 5.97 Å². The fraction of sp³-hybridized carbons (Fsp3) is 0.500. The van der Waals surface area contributed by atoms with Gasteiger partial charge < -0.3 is 19.0 Å². The standard InChI is InChI=1S/C26H38O5Si/c1-25(2,3)30-24(28)22(27)17-20-16-21(31-32(7,8)26(4,5)6)14-15-23(20)29-18-19-12-10-9-11-13-19/h9-16,22,27H,17-18H2,1-8H3/t22-/m1/s1. The minimum Gasteiger partial charge on any atom is -0.543 e. The average molecular weight is 459 g/mol. The molecule has 0 aliphatic carbocycles. The Morgan fingerprint density at radius 3 is 2.19 bits per heavy atom. The highest BCUT2D eigenvalue weighted by Crippen LogP contribution is 2.38. The Morgan fingerprint density at radius 2 is 1.62 bits per heavy atom. The molecule has 2 aromatic carbocycles. The lowest BCUT2D eigenvalue weighted by molar-refractivity contribution is -0.164. The summed E-state index contributed by atoms with van der Waals surface area (Å²) in [6, 6.07) is 15.5. The summed E-state index contributed by atoms with van der Waals surface area (Å²) in [5.74, 6) is 0.677. The number of rotatable bonds is 8. The van der Waals surface area contributed by atoms with Crippen LogP contribution in [0, 0.1) is 0 Å². The lowest BCUT2D eigenvalue weighted by Crippen LogP contribution is -2.43. The predicted octanol–water partition coefficient (Wildman–Crippen LogP) is 5.89. The van der Waals surface area contributed by atoms with Gasteiger partial charge in [0, 0.05) is 12.0 Å². The molecule has 32 heavy (non-hydrogen) atoms. The molecule has 1 N–H and O–H groups in total. The van der Waals surface area contributed by atoms with Crippen molar-refractivity contribution in [2.24, 2.45) is 0 Å². The Labute approximate surface area is 193 Å². The third-order valence-electron chi connectivity index (χ3n) is 5.54. The van der Waals surface area contributed by atoms with Crippen molar-refractivity contribution < 1.29 is 23.8 Å². The molecule has 0 spiro atoms. The summed E-state index contributed by atoms with van der Waals surface area (Å²) < 4.78 is 17.8. The van der Waals surface area contributed by atoms with Crippen molar-refractivity contribution in [1.29, 1.82) is 0 Å². The minimum absolute atomic E-state index is 0.0473. The third-order valence-corrected chi connectivity index (χ3v) is 9.90. The summed E-state index contributed by atoms with van der Waals surface area (Å²) in [6.45, 7) is 16.6. The van der Waals surface area contributed by atoms with Crippen molar-refractivity contribution in [3.05, 3.63) is 59.7 Å². The summed E-state index contributed by atoms with van der Waals surface area (Å²) in [5.41, 5.74) is 1.07. The number of aliphatic hydroxyl groups excluding tert-OH is 1. The topological polar surface area (TPSA) is 65.0 Å². The SMILES string of the molecule is CC(C)(C)OC(=O)[C@H](O)Cc1cc(O[Si](C)(C)C(C)(C)C)ccc1OCc1ccccc1. The van der Waals surface area contributed by atoms with Crippen LogP contribution in [0.1, 0.15) is 52.7 Å². The van der Waals surface area contributed by atoms with Gasteiger partial charge in [-0.15, -0.1) is 0 Å². The van der Waals surface area contributed by atoms with Gasteiger partial charge in [-0.1, -0.05) is 51.1 Å². The monoisotopic (exact) mass is 458 g/mol. The highest BCUT2D eigenvalue weighted by molar-refractivity contribution is 6.74. The molecule has 0 aliphatic rings. The van der Waals surface area contributed by atoms with E-state index in [0.29, 0.717) is 17.9 Å². The summed E-state index contributed by atoms with van der Waals surface area (Å²) in [7, 11) is -2.05. The Kier molecular flexibility index (Phi) is 8.18. The zero-order valence-electron chi connectivity index (χ0n) is 20.7. The largest absolute Gasteiger partial charge is 0.543 e. The van der Waals surface area contributed by atoms with Crippen molar-refractivity contribution in [3.63, 3.8) is 0 Å². The van der Waals surface area contributed by atoms with Crippen LogP contribution in [0.2, 0.25) is 18.1 Å². The van der Waals surface area contributed by atoms with Crippen LogP contribution in [0.5, 0.6) is 11.5 Å². The maximum Gasteiger partial charge on any atom is 0.335 e. The molecule has 0 fully saturated rings. The number of esters is 1. The van der Waals surface area contributed by atoms with E-state index in [1.165, 1.54) is 0 Å². The van der Waals surface area contributed by atoms with Crippen LogP contribution in [-0.2, 0) is 22.6 Å². The van der Waals surface area contributed by atoms with E-state index in [2.05, 4.69) is 33.9 Å². The number of benzene rings is 2. The molecule has 0 saturated heterocycles. The van der Waals surface area contributed by atoms with Crippen LogP contribution >= 0.6 is 0 Å². The van der Waals surface area contributed by atoms with Gasteiger partial charge in [0.1, 0.15) is 23.7 Å². The molecule has 0 bridgehead atoms. The second kappa shape index (κ2) is 10.1. The molecule has 0 unspecified atom stereocenters. The maximum absolute atomic E-state index is 12.4. The van der Waals surface area contributed by atoms with Crippen molar-refractivity contribution in [1.82, 2.24) is 0 Å². The van der Waals surface area contributed by atoms with E-state index in [4.69, 9.17) is 13.9 Å². The van der Waals surface area contributed by atoms with Crippen LogP contribution in [0.15, 0.2) is 48.5 Å². The molecule has 0 amide bonds. The van der Waals surface area contributed by atoms with Crippen LogP contribution in [0.4, 0.5) is 0 Å². The summed E-state index contributed by atoms with van der Waals surface area (Å²) >= 11 is 0. The van der Waals surface area contributed by atoms with E-state index >= 15 is 0 Å². The first-order chi connectivity index (χ1) is 14.7. The molecule has 0 aromatic heterocycles. The van der Waals surface area contributed by atoms with Gasteiger partial charge in [0.05, 0.1) is 0 Å². The molecule has 176 valence electrons. The molecular formula is C26H38O5Si. The van der Waals surface area contributed by atoms with E-state index < -0.39 is 26.0 Å². The second-order valence-electron chi connectivity index (χ2n) is 10.7. The summed E-state index contributed by atoms with van der Waals surface area (Å²) in [5, 5.41) is 10.6. The molecule has 0 saturated carbocycles. The van der Waals surface area contributed by atoms with E-state index in [0.717, 1.165) is 11.3 Å². The van der Waals surface area contributed by atoms with E-state index in [1.807, 2.05) is 48.5 Å². The molecule has 6 heteroatoms. The Bertz CT molecular complexity index is 895. The molecule has 5 nitrogen and oxygen atoms in total. The van der Waals surface area contributed by atoms with Crippen molar-refractivity contribution >= 4 is 14.3 Å². The molecular weight excluding hydrogens is 420 g/mol. The predicted molar refractivity (Wildman–Crippen MR) is 131 cm³/mol. The van der Waals surface area contributed by atoms with E-state index in [9.17, 15) is 9.90 Å². The molecule has 1 atom stereocenters. The smallest absolute Gasteiger partial charge is 0.335 e. The molecule has 2 aromatic rings. The fourth-order valence-electron chi connectivity index (χ4n) is 2.76. The lowest BCUT2D eigenvalue weighted by atomic mass is 10.1. The Morgan fingerprint density at radius 1 is 1.00 bits per heavy atom. The van der Waals surface area contributed by atoms with Crippen LogP contribution < -0.4 is 9.16 Å². The zero-order valence-corrected chi connectivity index (χ0v) is 21.7. The first kappa shape index (κ1) is 25.9. The normalized spacial score (nSPS) is 13.4. The third kappa shape index (κ3) is 7.68. The Balaban J connectivity index is 2.28. The molecule has 0 heterocycles. The quantitative estimate of drug-likeness (QED) is 0.394. The van der Waals surface area contributed by atoms with Gasteiger partial charge in [0.2, 0.25) is 8.32 Å². The number of carbonyl (C=O) groups excluding carboxylic acids is 1.